The Hall–Kier alpha value is -1.89. The Morgan fingerprint density at radius 2 is 1.91 bits per heavy atom. The molecule has 1 fully saturated rings. The fourth-order valence-corrected chi connectivity index (χ4v) is 3.05. The molecular formula is C16H19F3N2O2. The minimum atomic E-state index is -4.46. The van der Waals surface area contributed by atoms with Gasteiger partial charge < -0.3 is 14.8 Å². The Balaban J connectivity index is 2.09. The lowest BCUT2D eigenvalue weighted by atomic mass is 10.1. The van der Waals surface area contributed by atoms with Gasteiger partial charge in [-0.05, 0) is 25.8 Å². The first-order chi connectivity index (χ1) is 10.9. The van der Waals surface area contributed by atoms with Gasteiger partial charge in [0.25, 0.3) is 0 Å². The van der Waals surface area contributed by atoms with Crippen LogP contribution < -0.4 is 10.1 Å². The number of hydrogen-bond donors (Lipinski definition) is 1. The highest BCUT2D eigenvalue weighted by Crippen LogP contribution is 2.37. The number of aromatic nitrogens is 1. The number of halogens is 3. The van der Waals surface area contributed by atoms with Crippen molar-refractivity contribution in [2.24, 2.45) is 0 Å². The summed E-state index contributed by atoms with van der Waals surface area (Å²) in [6, 6.07) is 4.92. The van der Waals surface area contributed by atoms with E-state index in [1.807, 2.05) is 0 Å². The van der Waals surface area contributed by atoms with Crippen molar-refractivity contribution >= 4 is 16.6 Å². The molecule has 0 amide bonds. The molecule has 0 radical (unpaired) electrons. The molecule has 0 aliphatic carbocycles. The van der Waals surface area contributed by atoms with E-state index in [-0.39, 0.29) is 17.3 Å². The third-order valence-electron chi connectivity index (χ3n) is 4.15. The first kappa shape index (κ1) is 16.0. The molecule has 1 N–H and O–H groups in total. The fourth-order valence-electron chi connectivity index (χ4n) is 3.05. The monoisotopic (exact) mass is 328 g/mol. The second-order valence-corrected chi connectivity index (χ2v) is 5.73. The molecular weight excluding hydrogens is 309 g/mol. The zero-order valence-corrected chi connectivity index (χ0v) is 13.0. The van der Waals surface area contributed by atoms with Gasteiger partial charge in [-0.15, -0.1) is 13.2 Å². The average molecular weight is 328 g/mol. The third kappa shape index (κ3) is 3.10. The number of nitrogens with one attached hydrogen (secondary N) is 1. The van der Waals surface area contributed by atoms with Crippen LogP contribution in [-0.4, -0.2) is 30.9 Å². The van der Waals surface area contributed by atoms with Gasteiger partial charge >= 0.3 is 6.30 Å². The summed E-state index contributed by atoms with van der Waals surface area (Å²) in [6.07, 6.45) is -2.80. The van der Waals surface area contributed by atoms with Crippen molar-refractivity contribution in [2.45, 2.75) is 32.1 Å². The minimum absolute atomic E-state index is 0.101. The summed E-state index contributed by atoms with van der Waals surface area (Å²) in [5.74, 6) is 0.399. The van der Waals surface area contributed by atoms with Crippen LogP contribution >= 0.6 is 0 Å². The minimum Gasteiger partial charge on any atom is -0.497 e. The summed E-state index contributed by atoms with van der Waals surface area (Å²) in [5.41, 5.74) is 0.914. The highest BCUT2D eigenvalue weighted by Gasteiger charge is 2.34. The number of fused-ring (bicyclic) bond motifs is 1. The number of alkyl halides is 3. The van der Waals surface area contributed by atoms with E-state index in [0.29, 0.717) is 34.6 Å². The third-order valence-corrected chi connectivity index (χ3v) is 4.15. The molecule has 1 aromatic carbocycles. The molecule has 7 heteroatoms. The molecule has 1 saturated heterocycles. The summed E-state index contributed by atoms with van der Waals surface area (Å²) in [4.78, 5) is 0. The maximum atomic E-state index is 13.3. The molecule has 1 aliphatic rings. The van der Waals surface area contributed by atoms with Crippen LogP contribution in [0.2, 0.25) is 0 Å². The van der Waals surface area contributed by atoms with Gasteiger partial charge in [0.1, 0.15) is 5.75 Å². The van der Waals surface area contributed by atoms with Gasteiger partial charge in [0.05, 0.1) is 12.6 Å². The molecule has 126 valence electrons. The van der Waals surface area contributed by atoms with E-state index in [0.717, 1.165) is 12.8 Å². The van der Waals surface area contributed by atoms with Crippen LogP contribution in [0.1, 0.15) is 18.5 Å². The standard InChI is InChI=1S/C16H19F3N2O2/c1-10-7-13-14(20-11-3-5-23-6-4-11)8-12(22-2)9-15(13)21(10)16(17,18)19/h7-9,11,20H,3-6H2,1-2H3. The highest BCUT2D eigenvalue weighted by atomic mass is 19.4. The number of nitrogens with zero attached hydrogens (tertiary/aromatic N) is 1. The molecule has 2 aromatic rings. The number of ether oxygens (including phenoxy) is 2. The van der Waals surface area contributed by atoms with Crippen LogP contribution in [0.5, 0.6) is 5.75 Å². The summed E-state index contributed by atoms with van der Waals surface area (Å²) in [5, 5.41) is 3.90. The zero-order valence-electron chi connectivity index (χ0n) is 13.0. The molecule has 3 rings (SSSR count). The Morgan fingerprint density at radius 1 is 1.22 bits per heavy atom. The molecule has 2 heterocycles. The van der Waals surface area contributed by atoms with Crippen molar-refractivity contribution in [3.05, 3.63) is 23.9 Å². The lowest BCUT2D eigenvalue weighted by Gasteiger charge is -2.25. The topological polar surface area (TPSA) is 35.4 Å². The van der Waals surface area contributed by atoms with Crippen molar-refractivity contribution in [1.29, 1.82) is 0 Å². The molecule has 0 saturated carbocycles. The number of benzene rings is 1. The van der Waals surface area contributed by atoms with Gasteiger partial charge in [-0.1, -0.05) is 0 Å². The lowest BCUT2D eigenvalue weighted by molar-refractivity contribution is -0.201. The van der Waals surface area contributed by atoms with Crippen molar-refractivity contribution in [3.8, 4) is 5.75 Å². The molecule has 0 atom stereocenters. The zero-order chi connectivity index (χ0) is 16.6. The van der Waals surface area contributed by atoms with E-state index < -0.39 is 6.30 Å². The van der Waals surface area contributed by atoms with Crippen LogP contribution in [0.4, 0.5) is 18.9 Å². The van der Waals surface area contributed by atoms with E-state index in [1.165, 1.54) is 20.1 Å². The van der Waals surface area contributed by atoms with Crippen LogP contribution in [0.15, 0.2) is 18.2 Å². The lowest BCUT2D eigenvalue weighted by Crippen LogP contribution is -2.27. The SMILES string of the molecule is COc1cc(NC2CCOCC2)c2cc(C)n(C(F)(F)F)c2c1. The fraction of sp³-hybridized carbons (Fsp3) is 0.500. The highest BCUT2D eigenvalue weighted by molar-refractivity contribution is 5.95. The van der Waals surface area contributed by atoms with Gasteiger partial charge in [-0.2, -0.15) is 0 Å². The molecule has 1 aromatic heterocycles. The predicted octanol–water partition coefficient (Wildman–Crippen LogP) is 4.03. The first-order valence-corrected chi connectivity index (χ1v) is 7.51. The van der Waals surface area contributed by atoms with E-state index in [4.69, 9.17) is 9.47 Å². The summed E-state index contributed by atoms with van der Waals surface area (Å²) in [7, 11) is 1.45. The smallest absolute Gasteiger partial charge is 0.489 e. The molecule has 0 bridgehead atoms. The largest absolute Gasteiger partial charge is 0.497 e. The van der Waals surface area contributed by atoms with Crippen molar-refractivity contribution < 1.29 is 22.6 Å². The van der Waals surface area contributed by atoms with Crippen LogP contribution in [-0.2, 0) is 11.0 Å². The van der Waals surface area contributed by atoms with Gasteiger partial charge in [-0.25, -0.2) is 0 Å². The first-order valence-electron chi connectivity index (χ1n) is 7.51. The molecule has 1 aliphatic heterocycles. The van der Waals surface area contributed by atoms with E-state index in [9.17, 15) is 13.2 Å². The maximum absolute atomic E-state index is 13.3. The van der Waals surface area contributed by atoms with E-state index in [1.54, 1.807) is 12.1 Å². The summed E-state index contributed by atoms with van der Waals surface area (Å²) in [6.45, 7) is 2.78. The Labute approximate surface area is 132 Å². The number of anilines is 1. The Kier molecular flexibility index (Phi) is 4.14. The molecule has 0 unspecified atom stereocenters. The predicted molar refractivity (Wildman–Crippen MR) is 82.0 cm³/mol. The maximum Gasteiger partial charge on any atom is 0.489 e. The van der Waals surface area contributed by atoms with Gasteiger partial charge in [0.15, 0.2) is 0 Å². The molecule has 4 nitrogen and oxygen atoms in total. The summed E-state index contributed by atoms with van der Waals surface area (Å²) < 4.78 is 50.9. The van der Waals surface area contributed by atoms with Gasteiger partial charge in [0.2, 0.25) is 0 Å². The van der Waals surface area contributed by atoms with E-state index >= 15 is 0 Å². The van der Waals surface area contributed by atoms with Crippen molar-refractivity contribution in [3.63, 3.8) is 0 Å². The van der Waals surface area contributed by atoms with Crippen LogP contribution in [0, 0.1) is 6.92 Å². The molecule has 23 heavy (non-hydrogen) atoms. The Morgan fingerprint density at radius 3 is 2.52 bits per heavy atom. The number of rotatable bonds is 3. The van der Waals surface area contributed by atoms with Crippen LogP contribution in [0.25, 0.3) is 10.9 Å². The number of hydrogen-bond acceptors (Lipinski definition) is 3. The second kappa shape index (κ2) is 5.96. The van der Waals surface area contributed by atoms with Gasteiger partial charge in [-0.3, -0.25) is 4.57 Å². The molecule has 0 spiro atoms. The quantitative estimate of drug-likeness (QED) is 0.924. The average Bonchev–Trinajstić information content (AvgIpc) is 2.84. The van der Waals surface area contributed by atoms with Gasteiger partial charge in [0, 0.05) is 48.2 Å². The van der Waals surface area contributed by atoms with Crippen molar-refractivity contribution in [2.75, 3.05) is 25.6 Å². The van der Waals surface area contributed by atoms with Crippen molar-refractivity contribution in [1.82, 2.24) is 4.57 Å². The number of methoxy groups -OCH3 is 1. The number of aryl methyl sites for hydroxylation is 1. The van der Waals surface area contributed by atoms with E-state index in [2.05, 4.69) is 5.32 Å². The van der Waals surface area contributed by atoms with Crippen LogP contribution in [0.3, 0.4) is 0 Å². The normalized spacial score (nSPS) is 16.7. The summed E-state index contributed by atoms with van der Waals surface area (Å²) >= 11 is 0. The Bertz CT molecular complexity index is 703. The second-order valence-electron chi connectivity index (χ2n) is 5.73.